The SMILES string of the molecule is CC(=O)OC[C@H](OC(C)=O)[C@@H](OC(C)=O)[C@@H](OC(C)=O)C(=O)Nc1ccc(C(=O)O)cc1. The molecule has 0 unspecified atom stereocenters. The number of benzene rings is 1. The third-order valence-electron chi connectivity index (χ3n) is 3.69. The molecule has 0 saturated carbocycles. The Bertz CT molecular complexity index is 878. The summed E-state index contributed by atoms with van der Waals surface area (Å²) in [6.07, 6.45) is -4.96. The molecule has 1 amide bonds. The number of carbonyl (C=O) groups excluding carboxylic acids is 5. The van der Waals surface area contributed by atoms with Crippen LogP contribution in [0.1, 0.15) is 38.1 Å². The average Bonchev–Trinajstić information content (AvgIpc) is 2.67. The lowest BCUT2D eigenvalue weighted by atomic mass is 10.1. The minimum atomic E-state index is -1.81. The Morgan fingerprint density at radius 1 is 0.812 bits per heavy atom. The maximum absolute atomic E-state index is 12.9. The predicted octanol–water partition coefficient (Wildman–Crippen LogP) is 0.682. The number of anilines is 1. The van der Waals surface area contributed by atoms with E-state index in [0.717, 1.165) is 27.7 Å². The quantitative estimate of drug-likeness (QED) is 0.377. The van der Waals surface area contributed by atoms with Gasteiger partial charge in [0, 0.05) is 33.4 Å². The smallest absolute Gasteiger partial charge is 0.335 e. The van der Waals surface area contributed by atoms with E-state index in [1.165, 1.54) is 24.3 Å². The van der Waals surface area contributed by atoms with Gasteiger partial charge < -0.3 is 29.4 Å². The fourth-order valence-corrected chi connectivity index (χ4v) is 2.49. The molecule has 1 aromatic carbocycles. The molecule has 0 fully saturated rings. The number of amides is 1. The average molecular weight is 453 g/mol. The summed E-state index contributed by atoms with van der Waals surface area (Å²) >= 11 is 0. The molecule has 12 nitrogen and oxygen atoms in total. The summed E-state index contributed by atoms with van der Waals surface area (Å²) in [6.45, 7) is 3.54. The number of nitrogens with one attached hydrogen (secondary N) is 1. The number of ether oxygens (including phenoxy) is 4. The van der Waals surface area contributed by atoms with Crippen molar-refractivity contribution in [2.75, 3.05) is 11.9 Å². The largest absolute Gasteiger partial charge is 0.478 e. The number of aromatic carboxylic acids is 1. The van der Waals surface area contributed by atoms with Crippen molar-refractivity contribution in [3.05, 3.63) is 29.8 Å². The number of carboxylic acids is 1. The Hall–Kier alpha value is -3.96. The van der Waals surface area contributed by atoms with E-state index in [2.05, 4.69) is 5.32 Å². The van der Waals surface area contributed by atoms with Crippen molar-refractivity contribution in [2.24, 2.45) is 0 Å². The second kappa shape index (κ2) is 12.0. The van der Waals surface area contributed by atoms with Crippen molar-refractivity contribution in [3.63, 3.8) is 0 Å². The Labute approximate surface area is 182 Å². The molecule has 0 aliphatic rings. The summed E-state index contributed by atoms with van der Waals surface area (Å²) in [5, 5.41) is 11.3. The highest BCUT2D eigenvalue weighted by atomic mass is 16.6. The zero-order chi connectivity index (χ0) is 24.4. The van der Waals surface area contributed by atoms with E-state index in [-0.39, 0.29) is 11.3 Å². The molecule has 1 rings (SSSR count). The maximum Gasteiger partial charge on any atom is 0.335 e. The number of carboxylic acid groups (broad SMARTS) is 1. The van der Waals surface area contributed by atoms with Gasteiger partial charge in [0.1, 0.15) is 6.61 Å². The van der Waals surface area contributed by atoms with E-state index in [0.29, 0.717) is 0 Å². The van der Waals surface area contributed by atoms with Gasteiger partial charge in [-0.25, -0.2) is 4.79 Å². The highest BCUT2D eigenvalue weighted by Gasteiger charge is 2.42. The Morgan fingerprint density at radius 2 is 1.34 bits per heavy atom. The van der Waals surface area contributed by atoms with Gasteiger partial charge in [-0.3, -0.25) is 24.0 Å². The van der Waals surface area contributed by atoms with Crippen molar-refractivity contribution in [2.45, 2.75) is 46.0 Å². The lowest BCUT2D eigenvalue weighted by Crippen LogP contribution is -2.52. The first-order chi connectivity index (χ1) is 14.9. The van der Waals surface area contributed by atoms with Crippen LogP contribution in [0.4, 0.5) is 5.69 Å². The van der Waals surface area contributed by atoms with Crippen LogP contribution in [0.15, 0.2) is 24.3 Å². The Kier molecular flexibility index (Phi) is 9.80. The highest BCUT2D eigenvalue weighted by molar-refractivity contribution is 5.96. The number of rotatable bonds is 10. The van der Waals surface area contributed by atoms with Crippen LogP contribution >= 0.6 is 0 Å². The van der Waals surface area contributed by atoms with E-state index < -0.39 is 60.7 Å². The molecular weight excluding hydrogens is 430 g/mol. The van der Waals surface area contributed by atoms with Crippen molar-refractivity contribution in [1.29, 1.82) is 0 Å². The zero-order valence-electron chi connectivity index (χ0n) is 17.8. The molecule has 0 radical (unpaired) electrons. The van der Waals surface area contributed by atoms with E-state index in [4.69, 9.17) is 24.1 Å². The monoisotopic (exact) mass is 453 g/mol. The van der Waals surface area contributed by atoms with Crippen molar-refractivity contribution in [1.82, 2.24) is 0 Å². The molecule has 32 heavy (non-hydrogen) atoms. The van der Waals surface area contributed by atoms with Crippen LogP contribution in [0.3, 0.4) is 0 Å². The minimum absolute atomic E-state index is 0.0337. The highest BCUT2D eigenvalue weighted by Crippen LogP contribution is 2.18. The van der Waals surface area contributed by atoms with Crippen LogP contribution < -0.4 is 5.32 Å². The van der Waals surface area contributed by atoms with Crippen LogP contribution in [0.5, 0.6) is 0 Å². The lowest BCUT2D eigenvalue weighted by Gasteiger charge is -2.30. The standard InChI is InChI=1S/C20H23NO11/c1-10(22)29-9-16(30-11(2)23)17(31-12(3)24)18(32-13(4)25)19(26)21-15-7-5-14(6-8-15)20(27)28/h5-8,16-18H,9H2,1-4H3,(H,21,26)(H,27,28)/t16-,17+,18+/m0/s1. The van der Waals surface area contributed by atoms with E-state index >= 15 is 0 Å². The molecule has 0 saturated heterocycles. The summed E-state index contributed by atoms with van der Waals surface area (Å²) in [4.78, 5) is 69.8. The summed E-state index contributed by atoms with van der Waals surface area (Å²) in [5.74, 6) is -5.55. The first-order valence-electron chi connectivity index (χ1n) is 9.20. The topological polar surface area (TPSA) is 172 Å². The number of hydrogen-bond acceptors (Lipinski definition) is 10. The molecule has 0 aromatic heterocycles. The summed E-state index contributed by atoms with van der Waals surface area (Å²) < 4.78 is 20.0. The van der Waals surface area contributed by atoms with Crippen LogP contribution in [-0.4, -0.2) is 65.8 Å². The molecule has 0 heterocycles. The van der Waals surface area contributed by atoms with E-state index in [1.54, 1.807) is 0 Å². The molecule has 2 N–H and O–H groups in total. The predicted molar refractivity (Wildman–Crippen MR) is 105 cm³/mol. The first-order valence-corrected chi connectivity index (χ1v) is 9.20. The van der Waals surface area contributed by atoms with Gasteiger partial charge in [-0.2, -0.15) is 0 Å². The molecule has 1 aromatic rings. The molecule has 0 aliphatic heterocycles. The molecule has 0 aliphatic carbocycles. The summed E-state index contributed by atoms with van der Waals surface area (Å²) in [7, 11) is 0. The normalized spacial score (nSPS) is 13.0. The molecule has 0 bridgehead atoms. The third kappa shape index (κ3) is 8.81. The number of hydrogen-bond donors (Lipinski definition) is 2. The second-order valence-corrected chi connectivity index (χ2v) is 6.43. The van der Waals surface area contributed by atoms with Crippen LogP contribution in [0.2, 0.25) is 0 Å². The number of carbonyl (C=O) groups is 6. The van der Waals surface area contributed by atoms with Gasteiger partial charge >= 0.3 is 29.8 Å². The van der Waals surface area contributed by atoms with Crippen molar-refractivity contribution >= 4 is 41.4 Å². The van der Waals surface area contributed by atoms with Gasteiger partial charge in [0.2, 0.25) is 6.10 Å². The van der Waals surface area contributed by atoms with Gasteiger partial charge in [-0.15, -0.1) is 0 Å². The second-order valence-electron chi connectivity index (χ2n) is 6.43. The summed E-state index contributed by atoms with van der Waals surface area (Å²) in [5.41, 5.74) is 0.108. The molecule has 0 spiro atoms. The van der Waals surface area contributed by atoms with Gasteiger partial charge in [-0.1, -0.05) is 0 Å². The molecular formula is C20H23NO11. The van der Waals surface area contributed by atoms with Crippen molar-refractivity contribution in [3.8, 4) is 0 Å². The fraction of sp³-hybridized carbons (Fsp3) is 0.400. The molecule has 12 heteroatoms. The number of esters is 4. The van der Waals surface area contributed by atoms with Gasteiger partial charge in [0.15, 0.2) is 12.2 Å². The van der Waals surface area contributed by atoms with Gasteiger partial charge in [-0.05, 0) is 24.3 Å². The van der Waals surface area contributed by atoms with E-state index in [9.17, 15) is 28.8 Å². The molecule has 174 valence electrons. The van der Waals surface area contributed by atoms with Gasteiger partial charge in [0.25, 0.3) is 5.91 Å². The summed E-state index contributed by atoms with van der Waals surface area (Å²) in [6, 6.07) is 5.03. The molecule has 3 atom stereocenters. The first kappa shape index (κ1) is 26.1. The Morgan fingerprint density at radius 3 is 1.78 bits per heavy atom. The zero-order valence-corrected chi connectivity index (χ0v) is 17.8. The van der Waals surface area contributed by atoms with Gasteiger partial charge in [0.05, 0.1) is 5.56 Å². The van der Waals surface area contributed by atoms with Crippen LogP contribution in [0.25, 0.3) is 0 Å². The van der Waals surface area contributed by atoms with Crippen LogP contribution in [0, 0.1) is 0 Å². The lowest BCUT2D eigenvalue weighted by molar-refractivity contribution is -0.190. The van der Waals surface area contributed by atoms with Crippen molar-refractivity contribution < 1.29 is 52.8 Å². The minimum Gasteiger partial charge on any atom is -0.478 e. The third-order valence-corrected chi connectivity index (χ3v) is 3.69. The maximum atomic E-state index is 12.9. The van der Waals surface area contributed by atoms with Crippen LogP contribution in [-0.2, 0) is 42.9 Å². The Balaban J connectivity index is 3.27. The van der Waals surface area contributed by atoms with E-state index in [1.807, 2.05) is 0 Å². The fourth-order valence-electron chi connectivity index (χ4n) is 2.49.